The molecule has 3 nitrogen and oxygen atoms in total. The van der Waals surface area contributed by atoms with Gasteiger partial charge in [-0.15, -0.1) is 0 Å². The zero-order valence-electron chi connectivity index (χ0n) is 8.93. The van der Waals surface area contributed by atoms with E-state index in [1.165, 1.54) is 0 Å². The lowest BCUT2D eigenvalue weighted by atomic mass is 10.1. The van der Waals surface area contributed by atoms with Crippen LogP contribution < -0.4 is 0 Å². The van der Waals surface area contributed by atoms with Gasteiger partial charge < -0.3 is 4.74 Å². The average Bonchev–Trinajstić information content (AvgIpc) is 2.69. The molecule has 0 bridgehead atoms. The van der Waals surface area contributed by atoms with Crippen LogP contribution in [0, 0.1) is 0 Å². The molecule has 1 fully saturated rings. The summed E-state index contributed by atoms with van der Waals surface area (Å²) in [6.07, 6.45) is 0.744. The molecule has 1 heterocycles. The third kappa shape index (κ3) is 2.38. The number of carbonyl (C=O) groups excluding carboxylic acids is 1. The van der Waals surface area contributed by atoms with Crippen molar-refractivity contribution in [3.63, 3.8) is 0 Å². The molecule has 0 radical (unpaired) electrons. The van der Waals surface area contributed by atoms with Crippen molar-refractivity contribution in [1.29, 1.82) is 0 Å². The molecule has 0 unspecified atom stereocenters. The van der Waals surface area contributed by atoms with Crippen LogP contribution in [0.3, 0.4) is 0 Å². The summed E-state index contributed by atoms with van der Waals surface area (Å²) in [5.74, 6) is 0. The SMILES string of the molecule is O=C1OC[C@@H](c2ccccc2)N1CCCBr. The number of cyclic esters (lactones) is 1. The summed E-state index contributed by atoms with van der Waals surface area (Å²) in [6, 6.07) is 10.1. The largest absolute Gasteiger partial charge is 0.447 e. The maximum atomic E-state index is 11.6. The van der Waals surface area contributed by atoms with Gasteiger partial charge in [-0.25, -0.2) is 4.79 Å². The zero-order valence-corrected chi connectivity index (χ0v) is 10.5. The van der Waals surface area contributed by atoms with Crippen LogP contribution in [0.4, 0.5) is 4.79 Å². The fourth-order valence-electron chi connectivity index (χ4n) is 1.88. The van der Waals surface area contributed by atoms with Gasteiger partial charge in [0.1, 0.15) is 6.61 Å². The highest BCUT2D eigenvalue weighted by Crippen LogP contribution is 2.27. The van der Waals surface area contributed by atoms with Crippen LogP contribution in [0.15, 0.2) is 30.3 Å². The van der Waals surface area contributed by atoms with Crippen molar-refractivity contribution < 1.29 is 9.53 Å². The summed E-state index contributed by atoms with van der Waals surface area (Å²) in [5.41, 5.74) is 1.14. The number of nitrogens with zero attached hydrogens (tertiary/aromatic N) is 1. The highest BCUT2D eigenvalue weighted by molar-refractivity contribution is 9.09. The standard InChI is InChI=1S/C12H14BrNO2/c13-7-4-8-14-11(9-16-12(14)15)10-5-2-1-3-6-10/h1-3,5-6,11H,4,7-9H2/t11-/m0/s1. The van der Waals surface area contributed by atoms with E-state index in [9.17, 15) is 4.79 Å². The number of benzene rings is 1. The van der Waals surface area contributed by atoms with Crippen LogP contribution in [-0.4, -0.2) is 29.5 Å². The van der Waals surface area contributed by atoms with Crippen LogP contribution >= 0.6 is 15.9 Å². The molecule has 0 N–H and O–H groups in total. The topological polar surface area (TPSA) is 29.5 Å². The predicted octanol–water partition coefficient (Wildman–Crippen LogP) is 2.96. The molecule has 0 spiro atoms. The van der Waals surface area contributed by atoms with Gasteiger partial charge in [0.15, 0.2) is 0 Å². The van der Waals surface area contributed by atoms with Gasteiger partial charge >= 0.3 is 6.09 Å². The molecule has 16 heavy (non-hydrogen) atoms. The monoisotopic (exact) mass is 283 g/mol. The summed E-state index contributed by atoms with van der Waals surface area (Å²) in [6.45, 7) is 1.20. The first-order valence-corrected chi connectivity index (χ1v) is 6.49. The van der Waals surface area contributed by atoms with Crippen molar-refractivity contribution in [3.8, 4) is 0 Å². The smallest absolute Gasteiger partial charge is 0.410 e. The van der Waals surface area contributed by atoms with E-state index in [0.717, 1.165) is 23.9 Å². The van der Waals surface area contributed by atoms with Crippen molar-refractivity contribution in [2.45, 2.75) is 12.5 Å². The minimum Gasteiger partial charge on any atom is -0.447 e. The van der Waals surface area contributed by atoms with Crippen molar-refractivity contribution in [2.24, 2.45) is 0 Å². The lowest BCUT2D eigenvalue weighted by Crippen LogP contribution is -2.28. The number of amides is 1. The minimum atomic E-state index is -0.199. The first-order chi connectivity index (χ1) is 7.83. The molecule has 1 aliphatic rings. The Balaban J connectivity index is 2.11. The van der Waals surface area contributed by atoms with Crippen LogP contribution in [0.1, 0.15) is 18.0 Å². The Bertz CT molecular complexity index is 355. The number of rotatable bonds is 4. The van der Waals surface area contributed by atoms with Crippen LogP contribution in [-0.2, 0) is 4.74 Å². The fourth-order valence-corrected chi connectivity index (χ4v) is 2.13. The van der Waals surface area contributed by atoms with Gasteiger partial charge in [-0.1, -0.05) is 46.3 Å². The molecule has 1 atom stereocenters. The summed E-state index contributed by atoms with van der Waals surface area (Å²) in [5, 5.41) is 0.901. The highest BCUT2D eigenvalue weighted by atomic mass is 79.9. The molecular weight excluding hydrogens is 270 g/mol. The molecule has 1 saturated heterocycles. The van der Waals surface area contributed by atoms with Gasteiger partial charge in [0.05, 0.1) is 6.04 Å². The Morgan fingerprint density at radius 3 is 2.81 bits per heavy atom. The van der Waals surface area contributed by atoms with E-state index in [0.29, 0.717) is 6.61 Å². The molecular formula is C12H14BrNO2. The van der Waals surface area contributed by atoms with E-state index in [2.05, 4.69) is 15.9 Å². The Morgan fingerprint density at radius 2 is 2.12 bits per heavy atom. The molecule has 4 heteroatoms. The summed E-state index contributed by atoms with van der Waals surface area (Å²) >= 11 is 3.37. The van der Waals surface area contributed by atoms with Crippen molar-refractivity contribution in [1.82, 2.24) is 4.90 Å². The molecule has 0 aromatic heterocycles. The Hall–Kier alpha value is -1.03. The molecule has 1 amide bonds. The third-order valence-corrected chi connectivity index (χ3v) is 3.25. The van der Waals surface area contributed by atoms with Crippen LogP contribution in [0.5, 0.6) is 0 Å². The van der Waals surface area contributed by atoms with E-state index in [4.69, 9.17) is 4.74 Å². The maximum absolute atomic E-state index is 11.6. The normalized spacial score (nSPS) is 19.9. The Labute approximate surface area is 104 Å². The molecule has 0 saturated carbocycles. The van der Waals surface area contributed by atoms with Gasteiger partial charge in [0, 0.05) is 11.9 Å². The zero-order chi connectivity index (χ0) is 11.4. The second-order valence-electron chi connectivity index (χ2n) is 3.74. The van der Waals surface area contributed by atoms with Gasteiger partial charge in [0.25, 0.3) is 0 Å². The lowest BCUT2D eigenvalue weighted by molar-refractivity contribution is 0.158. The maximum Gasteiger partial charge on any atom is 0.410 e. The molecule has 86 valence electrons. The van der Waals surface area contributed by atoms with Crippen LogP contribution in [0.25, 0.3) is 0 Å². The average molecular weight is 284 g/mol. The molecule has 1 aromatic carbocycles. The third-order valence-electron chi connectivity index (χ3n) is 2.69. The quantitative estimate of drug-likeness (QED) is 0.795. The first-order valence-electron chi connectivity index (χ1n) is 5.37. The number of hydrogen-bond acceptors (Lipinski definition) is 2. The number of ether oxygens (including phenoxy) is 1. The summed E-state index contributed by atoms with van der Waals surface area (Å²) in [7, 11) is 0. The van der Waals surface area contributed by atoms with E-state index in [1.54, 1.807) is 4.90 Å². The number of hydrogen-bond donors (Lipinski definition) is 0. The predicted molar refractivity (Wildman–Crippen MR) is 65.6 cm³/mol. The highest BCUT2D eigenvalue weighted by Gasteiger charge is 2.33. The summed E-state index contributed by atoms with van der Waals surface area (Å²) in [4.78, 5) is 13.4. The molecule has 1 aliphatic heterocycles. The van der Waals surface area contributed by atoms with E-state index >= 15 is 0 Å². The summed E-state index contributed by atoms with van der Waals surface area (Å²) < 4.78 is 5.10. The van der Waals surface area contributed by atoms with Gasteiger partial charge in [-0.05, 0) is 12.0 Å². The van der Waals surface area contributed by atoms with Crippen LogP contribution in [0.2, 0.25) is 0 Å². The van der Waals surface area contributed by atoms with Gasteiger partial charge in [-0.3, -0.25) is 4.90 Å². The molecule has 0 aliphatic carbocycles. The van der Waals surface area contributed by atoms with Gasteiger partial charge in [-0.2, -0.15) is 0 Å². The Morgan fingerprint density at radius 1 is 1.38 bits per heavy atom. The van der Waals surface area contributed by atoms with E-state index < -0.39 is 0 Å². The number of halogens is 1. The minimum absolute atomic E-state index is 0.0766. The number of alkyl halides is 1. The van der Waals surface area contributed by atoms with Crippen molar-refractivity contribution in [3.05, 3.63) is 35.9 Å². The fraction of sp³-hybridized carbons (Fsp3) is 0.417. The second kappa shape index (κ2) is 5.34. The Kier molecular flexibility index (Phi) is 3.83. The lowest BCUT2D eigenvalue weighted by Gasteiger charge is -2.21. The van der Waals surface area contributed by atoms with Crippen molar-refractivity contribution in [2.75, 3.05) is 18.5 Å². The second-order valence-corrected chi connectivity index (χ2v) is 4.53. The van der Waals surface area contributed by atoms with E-state index in [1.807, 2.05) is 30.3 Å². The first kappa shape index (κ1) is 11.5. The number of carbonyl (C=O) groups is 1. The van der Waals surface area contributed by atoms with Crippen molar-refractivity contribution >= 4 is 22.0 Å². The molecule has 2 rings (SSSR count). The van der Waals surface area contributed by atoms with Gasteiger partial charge in [0.2, 0.25) is 0 Å². The molecule has 1 aromatic rings. The van der Waals surface area contributed by atoms with E-state index in [-0.39, 0.29) is 12.1 Å².